The van der Waals surface area contributed by atoms with E-state index in [1.807, 2.05) is 0 Å². The Labute approximate surface area is 120 Å². The average molecular weight is 261 g/mol. The maximum Gasteiger partial charge on any atom is 0.0366 e. The first-order valence-corrected chi connectivity index (χ1v) is 7.93. The molecule has 108 valence electrons. The van der Waals surface area contributed by atoms with E-state index >= 15 is 0 Å². The first-order chi connectivity index (χ1) is 9.08. The molecule has 0 amide bonds. The Kier molecular flexibility index (Phi) is 6.97. The molecule has 1 rings (SSSR count). The van der Waals surface area contributed by atoms with Gasteiger partial charge in [-0.2, -0.15) is 0 Å². The van der Waals surface area contributed by atoms with Gasteiger partial charge in [-0.25, -0.2) is 0 Å². The molecule has 0 heterocycles. The van der Waals surface area contributed by atoms with Crippen molar-refractivity contribution < 1.29 is 0 Å². The number of benzene rings is 1. The van der Waals surface area contributed by atoms with Crippen LogP contribution in [0.25, 0.3) is 0 Å². The van der Waals surface area contributed by atoms with Crippen molar-refractivity contribution in [2.45, 2.75) is 59.8 Å². The van der Waals surface area contributed by atoms with Gasteiger partial charge in [0.1, 0.15) is 0 Å². The zero-order chi connectivity index (χ0) is 14.3. The normalized spacial score (nSPS) is 12.7. The minimum absolute atomic E-state index is 0.619. The molecule has 0 bridgehead atoms. The van der Waals surface area contributed by atoms with Crippen LogP contribution >= 0.6 is 0 Å². The summed E-state index contributed by atoms with van der Waals surface area (Å²) in [4.78, 5) is 2.50. The molecule has 0 aliphatic carbocycles. The molecule has 0 saturated heterocycles. The summed E-state index contributed by atoms with van der Waals surface area (Å²) in [6.07, 6.45) is 3.95. The molecule has 0 fully saturated rings. The van der Waals surface area contributed by atoms with Gasteiger partial charge in [-0.15, -0.1) is 0 Å². The van der Waals surface area contributed by atoms with Crippen LogP contribution in [0.3, 0.4) is 0 Å². The van der Waals surface area contributed by atoms with Crippen LogP contribution in [-0.2, 0) is 0 Å². The average Bonchev–Trinajstić information content (AvgIpc) is 2.40. The SMILES string of the molecule is CCCC(C)CCN(CC)c1ccc(C(C)C)cc1. The van der Waals surface area contributed by atoms with Gasteiger partial charge in [0.2, 0.25) is 0 Å². The van der Waals surface area contributed by atoms with Gasteiger partial charge in [-0.3, -0.25) is 0 Å². The molecule has 0 saturated carbocycles. The summed E-state index contributed by atoms with van der Waals surface area (Å²) in [5.41, 5.74) is 2.80. The van der Waals surface area contributed by atoms with Crippen LogP contribution in [0, 0.1) is 5.92 Å². The molecule has 0 radical (unpaired) electrons. The predicted octanol–water partition coefficient (Wildman–Crippen LogP) is 5.46. The maximum atomic E-state index is 2.50. The van der Waals surface area contributed by atoms with Crippen LogP contribution in [0.1, 0.15) is 65.4 Å². The van der Waals surface area contributed by atoms with Crippen LogP contribution in [0.2, 0.25) is 0 Å². The third-order valence-electron chi connectivity index (χ3n) is 3.98. The van der Waals surface area contributed by atoms with Crippen molar-refractivity contribution in [1.82, 2.24) is 0 Å². The number of hydrogen-bond acceptors (Lipinski definition) is 1. The summed E-state index contributed by atoms with van der Waals surface area (Å²) in [6.45, 7) is 13.7. The van der Waals surface area contributed by atoms with Gasteiger partial charge in [0, 0.05) is 18.8 Å². The van der Waals surface area contributed by atoms with Crippen molar-refractivity contribution in [2.24, 2.45) is 5.92 Å². The van der Waals surface area contributed by atoms with Gasteiger partial charge < -0.3 is 4.90 Å². The summed E-state index contributed by atoms with van der Waals surface area (Å²) in [5, 5.41) is 0. The smallest absolute Gasteiger partial charge is 0.0366 e. The molecule has 1 aromatic carbocycles. The summed E-state index contributed by atoms with van der Waals surface area (Å²) >= 11 is 0. The van der Waals surface area contributed by atoms with Gasteiger partial charge in [0.15, 0.2) is 0 Å². The van der Waals surface area contributed by atoms with Crippen LogP contribution in [-0.4, -0.2) is 13.1 Å². The number of hydrogen-bond donors (Lipinski definition) is 0. The van der Waals surface area contributed by atoms with E-state index in [0.717, 1.165) is 12.5 Å². The Morgan fingerprint density at radius 2 is 1.58 bits per heavy atom. The van der Waals surface area contributed by atoms with Crippen LogP contribution in [0.5, 0.6) is 0 Å². The van der Waals surface area contributed by atoms with E-state index in [9.17, 15) is 0 Å². The van der Waals surface area contributed by atoms with Crippen LogP contribution < -0.4 is 4.90 Å². The lowest BCUT2D eigenvalue weighted by molar-refractivity contribution is 0.484. The highest BCUT2D eigenvalue weighted by atomic mass is 15.1. The molecule has 1 atom stereocenters. The second-order valence-corrected chi connectivity index (χ2v) is 6.01. The first-order valence-electron chi connectivity index (χ1n) is 7.93. The maximum absolute atomic E-state index is 2.50. The number of nitrogens with zero attached hydrogens (tertiary/aromatic N) is 1. The van der Waals surface area contributed by atoms with Gasteiger partial charge in [0.05, 0.1) is 0 Å². The Balaban J connectivity index is 2.59. The lowest BCUT2D eigenvalue weighted by Gasteiger charge is -2.25. The highest BCUT2D eigenvalue weighted by molar-refractivity contribution is 5.47. The first kappa shape index (κ1) is 16.1. The zero-order valence-electron chi connectivity index (χ0n) is 13.4. The molecule has 0 N–H and O–H groups in total. The zero-order valence-corrected chi connectivity index (χ0v) is 13.4. The monoisotopic (exact) mass is 261 g/mol. The molecule has 19 heavy (non-hydrogen) atoms. The molecule has 0 aliphatic heterocycles. The molecule has 0 spiro atoms. The fourth-order valence-electron chi connectivity index (χ4n) is 2.55. The van der Waals surface area contributed by atoms with Crippen molar-refractivity contribution in [3.8, 4) is 0 Å². The minimum atomic E-state index is 0.619. The number of rotatable bonds is 8. The van der Waals surface area contributed by atoms with Crippen molar-refractivity contribution in [3.05, 3.63) is 29.8 Å². The largest absolute Gasteiger partial charge is 0.372 e. The molecule has 0 aliphatic rings. The Hall–Kier alpha value is -0.980. The fourth-order valence-corrected chi connectivity index (χ4v) is 2.55. The highest BCUT2D eigenvalue weighted by Crippen LogP contribution is 2.21. The van der Waals surface area contributed by atoms with Crippen molar-refractivity contribution >= 4 is 5.69 Å². The van der Waals surface area contributed by atoms with Crippen LogP contribution in [0.4, 0.5) is 5.69 Å². The van der Waals surface area contributed by atoms with E-state index in [4.69, 9.17) is 0 Å². The van der Waals surface area contributed by atoms with E-state index < -0.39 is 0 Å². The van der Waals surface area contributed by atoms with Gasteiger partial charge in [-0.05, 0) is 42.9 Å². The van der Waals surface area contributed by atoms with Crippen LogP contribution in [0.15, 0.2) is 24.3 Å². The van der Waals surface area contributed by atoms with E-state index in [1.54, 1.807) is 0 Å². The summed E-state index contributed by atoms with van der Waals surface area (Å²) in [7, 11) is 0. The van der Waals surface area contributed by atoms with E-state index in [0.29, 0.717) is 5.92 Å². The van der Waals surface area contributed by atoms with Crippen molar-refractivity contribution in [3.63, 3.8) is 0 Å². The molecular weight excluding hydrogens is 230 g/mol. The summed E-state index contributed by atoms with van der Waals surface area (Å²) in [5.74, 6) is 1.46. The summed E-state index contributed by atoms with van der Waals surface area (Å²) in [6, 6.07) is 9.11. The van der Waals surface area contributed by atoms with E-state index in [1.165, 1.54) is 37.1 Å². The molecule has 1 heteroatoms. The lowest BCUT2D eigenvalue weighted by Crippen LogP contribution is -2.25. The molecule has 0 aromatic heterocycles. The second-order valence-electron chi connectivity index (χ2n) is 6.01. The van der Waals surface area contributed by atoms with Crippen molar-refractivity contribution in [1.29, 1.82) is 0 Å². The van der Waals surface area contributed by atoms with Gasteiger partial charge >= 0.3 is 0 Å². The predicted molar refractivity (Wildman–Crippen MR) is 87.1 cm³/mol. The quantitative estimate of drug-likeness (QED) is 0.600. The third kappa shape index (κ3) is 5.26. The molecular formula is C18H31N. The Morgan fingerprint density at radius 1 is 0.947 bits per heavy atom. The molecule has 1 nitrogen and oxygen atoms in total. The highest BCUT2D eigenvalue weighted by Gasteiger charge is 2.08. The second kappa shape index (κ2) is 8.24. The van der Waals surface area contributed by atoms with Gasteiger partial charge in [0.25, 0.3) is 0 Å². The molecule has 1 unspecified atom stereocenters. The minimum Gasteiger partial charge on any atom is -0.372 e. The standard InChI is InChI=1S/C18H31N/c1-6-8-16(5)13-14-19(7-2)18-11-9-17(10-12-18)15(3)4/h9-12,15-16H,6-8,13-14H2,1-5H3. The van der Waals surface area contributed by atoms with E-state index in [-0.39, 0.29) is 0 Å². The number of anilines is 1. The topological polar surface area (TPSA) is 3.24 Å². The van der Waals surface area contributed by atoms with E-state index in [2.05, 4.69) is 63.8 Å². The Morgan fingerprint density at radius 3 is 2.05 bits per heavy atom. The lowest BCUT2D eigenvalue weighted by atomic mass is 10.0. The third-order valence-corrected chi connectivity index (χ3v) is 3.98. The Bertz CT molecular complexity index is 339. The van der Waals surface area contributed by atoms with Gasteiger partial charge in [-0.1, -0.05) is 52.7 Å². The fraction of sp³-hybridized carbons (Fsp3) is 0.667. The summed E-state index contributed by atoms with van der Waals surface area (Å²) < 4.78 is 0. The van der Waals surface area contributed by atoms with Crippen molar-refractivity contribution in [2.75, 3.05) is 18.0 Å². The molecule has 1 aromatic rings.